The molecule has 0 spiro atoms. The lowest BCUT2D eigenvalue weighted by Gasteiger charge is -2.46. The zero-order valence-electron chi connectivity index (χ0n) is 15.0. The van der Waals surface area contributed by atoms with E-state index in [2.05, 4.69) is 22.5 Å². The van der Waals surface area contributed by atoms with Crippen LogP contribution in [0.5, 0.6) is 0 Å². The predicted molar refractivity (Wildman–Crippen MR) is 102 cm³/mol. The number of para-hydroxylation sites is 2. The highest BCUT2D eigenvalue weighted by Gasteiger charge is 2.41. The van der Waals surface area contributed by atoms with Gasteiger partial charge in [-0.1, -0.05) is 31.5 Å². The van der Waals surface area contributed by atoms with E-state index in [4.69, 9.17) is 9.40 Å². The zero-order valence-corrected chi connectivity index (χ0v) is 15.0. The Morgan fingerprint density at radius 3 is 2.88 bits per heavy atom. The summed E-state index contributed by atoms with van der Waals surface area (Å²) in [6, 6.07) is 14.6. The summed E-state index contributed by atoms with van der Waals surface area (Å²) in [5.41, 5.74) is 3.05. The smallest absolute Gasteiger partial charge is 0.298 e. The summed E-state index contributed by atoms with van der Waals surface area (Å²) in [5, 5.41) is 0. The first kappa shape index (κ1) is 15.7. The van der Waals surface area contributed by atoms with Crippen LogP contribution in [0.25, 0.3) is 11.1 Å². The lowest BCUT2D eigenvalue weighted by Crippen LogP contribution is -2.49. The molecule has 0 radical (unpaired) electrons. The molecule has 0 unspecified atom stereocenters. The second-order valence-corrected chi connectivity index (χ2v) is 7.58. The van der Waals surface area contributed by atoms with Gasteiger partial charge in [-0.2, -0.15) is 4.98 Å². The van der Waals surface area contributed by atoms with E-state index in [9.17, 15) is 4.79 Å². The van der Waals surface area contributed by atoms with E-state index < -0.39 is 0 Å². The number of piperidine rings is 1. The highest BCUT2D eigenvalue weighted by atomic mass is 16.4. The van der Waals surface area contributed by atoms with Crippen molar-refractivity contribution in [2.24, 2.45) is 5.92 Å². The molecule has 134 valence electrons. The van der Waals surface area contributed by atoms with Crippen molar-refractivity contribution in [1.29, 1.82) is 0 Å². The van der Waals surface area contributed by atoms with Gasteiger partial charge < -0.3 is 13.9 Å². The van der Waals surface area contributed by atoms with Gasteiger partial charge in [0, 0.05) is 36.8 Å². The third-order valence-electron chi connectivity index (χ3n) is 5.94. The van der Waals surface area contributed by atoms with E-state index in [0.29, 0.717) is 17.9 Å². The third-order valence-corrected chi connectivity index (χ3v) is 5.94. The molecule has 2 aliphatic heterocycles. The van der Waals surface area contributed by atoms with Crippen molar-refractivity contribution >= 4 is 17.1 Å². The van der Waals surface area contributed by atoms with Gasteiger partial charge in [0.15, 0.2) is 5.58 Å². The van der Waals surface area contributed by atoms with E-state index in [-0.39, 0.29) is 11.6 Å². The third kappa shape index (κ3) is 2.37. The molecule has 0 aliphatic carbocycles. The maximum atomic E-state index is 12.6. The highest BCUT2D eigenvalue weighted by Crippen LogP contribution is 2.43. The Morgan fingerprint density at radius 1 is 1.15 bits per heavy atom. The Kier molecular flexibility index (Phi) is 3.62. The van der Waals surface area contributed by atoms with E-state index in [1.165, 1.54) is 5.69 Å². The standard InChI is InChI=1S/C21H23N3O2/c1-2-6-17-14-11-15(18-8-5-10-20(25)24(17)18)13-23(12-14)21-22-16-7-3-4-9-19(16)26-21/h3-5,7-10,14-15,17H,2,6,11-13H2,1H3/t14-,15+,17-/m0/s1. The number of anilines is 1. The maximum absolute atomic E-state index is 12.6. The molecule has 3 aromatic rings. The van der Waals surface area contributed by atoms with E-state index in [0.717, 1.165) is 43.5 Å². The number of pyridine rings is 1. The fourth-order valence-corrected chi connectivity index (χ4v) is 4.86. The van der Waals surface area contributed by atoms with Crippen LogP contribution in [0.15, 0.2) is 51.7 Å². The Morgan fingerprint density at radius 2 is 2.04 bits per heavy atom. The molecule has 3 atom stereocenters. The molecule has 1 aromatic carbocycles. The van der Waals surface area contributed by atoms with Crippen LogP contribution in [0.3, 0.4) is 0 Å². The van der Waals surface area contributed by atoms with Crippen molar-refractivity contribution in [3.8, 4) is 0 Å². The van der Waals surface area contributed by atoms with Crippen molar-refractivity contribution in [1.82, 2.24) is 9.55 Å². The molecule has 1 saturated heterocycles. The predicted octanol–water partition coefficient (Wildman–Crippen LogP) is 3.95. The highest BCUT2D eigenvalue weighted by molar-refractivity contribution is 5.74. The lowest BCUT2D eigenvalue weighted by molar-refractivity contribution is 0.198. The number of rotatable bonds is 3. The molecule has 5 rings (SSSR count). The first-order valence-corrected chi connectivity index (χ1v) is 9.56. The van der Waals surface area contributed by atoms with Gasteiger partial charge in [0.2, 0.25) is 0 Å². The van der Waals surface area contributed by atoms with Crippen LogP contribution in [0.4, 0.5) is 6.01 Å². The van der Waals surface area contributed by atoms with Gasteiger partial charge in [-0.3, -0.25) is 4.79 Å². The molecule has 4 heterocycles. The first-order chi connectivity index (χ1) is 12.7. The molecule has 2 bridgehead atoms. The van der Waals surface area contributed by atoms with Crippen molar-refractivity contribution in [2.75, 3.05) is 18.0 Å². The molecular weight excluding hydrogens is 326 g/mol. The summed E-state index contributed by atoms with van der Waals surface area (Å²) in [5.74, 6) is 0.807. The summed E-state index contributed by atoms with van der Waals surface area (Å²) in [6.45, 7) is 3.95. The fraction of sp³-hybridized carbons (Fsp3) is 0.429. The average molecular weight is 349 g/mol. The van der Waals surface area contributed by atoms with Crippen LogP contribution in [0.2, 0.25) is 0 Å². The number of nitrogens with zero attached hydrogens (tertiary/aromatic N) is 3. The summed E-state index contributed by atoms with van der Waals surface area (Å²) in [7, 11) is 0. The van der Waals surface area contributed by atoms with Crippen molar-refractivity contribution in [3.63, 3.8) is 0 Å². The molecule has 0 amide bonds. The molecule has 2 aliphatic rings. The van der Waals surface area contributed by atoms with Crippen LogP contribution in [-0.4, -0.2) is 22.6 Å². The molecule has 5 nitrogen and oxygen atoms in total. The molecule has 0 N–H and O–H groups in total. The molecule has 26 heavy (non-hydrogen) atoms. The Bertz CT molecular complexity index is 973. The number of aromatic nitrogens is 2. The minimum Gasteiger partial charge on any atom is -0.423 e. The van der Waals surface area contributed by atoms with E-state index in [1.54, 1.807) is 6.07 Å². The van der Waals surface area contributed by atoms with Gasteiger partial charge in [0.1, 0.15) is 5.52 Å². The topological polar surface area (TPSA) is 51.3 Å². The van der Waals surface area contributed by atoms with Crippen molar-refractivity contribution < 1.29 is 4.42 Å². The second-order valence-electron chi connectivity index (χ2n) is 7.58. The minimum absolute atomic E-state index is 0.144. The van der Waals surface area contributed by atoms with Gasteiger partial charge in [-0.05, 0) is 37.0 Å². The van der Waals surface area contributed by atoms with Crippen LogP contribution in [0, 0.1) is 5.92 Å². The second kappa shape index (κ2) is 6.01. The molecular formula is C21H23N3O2. The maximum Gasteiger partial charge on any atom is 0.298 e. The van der Waals surface area contributed by atoms with Gasteiger partial charge in [-0.25, -0.2) is 0 Å². The number of benzene rings is 1. The van der Waals surface area contributed by atoms with Gasteiger partial charge in [0.05, 0.1) is 0 Å². The normalized spacial score (nSPS) is 24.7. The van der Waals surface area contributed by atoms with Crippen molar-refractivity contribution in [2.45, 2.75) is 38.1 Å². The molecule has 2 aromatic heterocycles. The number of hydrogen-bond donors (Lipinski definition) is 0. The zero-order chi connectivity index (χ0) is 17.7. The van der Waals surface area contributed by atoms with Crippen LogP contribution >= 0.6 is 0 Å². The van der Waals surface area contributed by atoms with Crippen LogP contribution < -0.4 is 10.5 Å². The SMILES string of the molecule is CCC[C@H]1[C@H]2C[C@H](CN(c3nc4ccccc4o3)C2)c2cccc(=O)n21. The quantitative estimate of drug-likeness (QED) is 0.718. The number of hydrogen-bond acceptors (Lipinski definition) is 4. The first-order valence-electron chi connectivity index (χ1n) is 9.56. The summed E-state index contributed by atoms with van der Waals surface area (Å²) in [6.07, 6.45) is 3.26. The van der Waals surface area contributed by atoms with Gasteiger partial charge >= 0.3 is 0 Å². The minimum atomic E-state index is 0.144. The van der Waals surface area contributed by atoms with Crippen LogP contribution in [0.1, 0.15) is 43.8 Å². The van der Waals surface area contributed by atoms with E-state index in [1.807, 2.05) is 30.3 Å². The van der Waals surface area contributed by atoms with E-state index >= 15 is 0 Å². The Balaban J connectivity index is 1.55. The van der Waals surface area contributed by atoms with Crippen molar-refractivity contribution in [3.05, 3.63) is 58.5 Å². The lowest BCUT2D eigenvalue weighted by atomic mass is 9.77. The number of fused-ring (bicyclic) bond motifs is 5. The molecule has 1 fully saturated rings. The summed E-state index contributed by atoms with van der Waals surface area (Å²) < 4.78 is 8.10. The van der Waals surface area contributed by atoms with Gasteiger partial charge in [0.25, 0.3) is 11.6 Å². The Hall–Kier alpha value is -2.56. The fourth-order valence-electron chi connectivity index (χ4n) is 4.86. The average Bonchev–Trinajstić information content (AvgIpc) is 3.09. The summed E-state index contributed by atoms with van der Waals surface area (Å²) in [4.78, 5) is 19.5. The number of oxazole rings is 1. The molecule has 5 heteroatoms. The Labute approximate surface area is 152 Å². The van der Waals surface area contributed by atoms with Gasteiger partial charge in [-0.15, -0.1) is 0 Å². The largest absolute Gasteiger partial charge is 0.423 e. The van der Waals surface area contributed by atoms with Crippen LogP contribution in [-0.2, 0) is 0 Å². The monoisotopic (exact) mass is 349 g/mol. The molecule has 0 saturated carbocycles. The summed E-state index contributed by atoms with van der Waals surface area (Å²) >= 11 is 0.